The van der Waals surface area contributed by atoms with Crippen LogP contribution in [0.25, 0.3) is 0 Å². The average molecular weight is 330 g/mol. The molecule has 1 saturated heterocycles. The number of hydrogen-bond donors (Lipinski definition) is 0. The maximum atomic E-state index is 12.6. The van der Waals surface area contributed by atoms with Crippen LogP contribution in [0.3, 0.4) is 0 Å². The van der Waals surface area contributed by atoms with E-state index in [4.69, 9.17) is 11.6 Å². The van der Waals surface area contributed by atoms with Gasteiger partial charge in [0.1, 0.15) is 11.5 Å². The topological polar surface area (TPSA) is 46.1 Å². The van der Waals surface area contributed by atoms with Gasteiger partial charge in [-0.15, -0.1) is 0 Å². The summed E-state index contributed by atoms with van der Waals surface area (Å²) in [5.74, 6) is 1.15. The summed E-state index contributed by atoms with van der Waals surface area (Å²) in [7, 11) is 0. The van der Waals surface area contributed by atoms with Gasteiger partial charge >= 0.3 is 0 Å². The van der Waals surface area contributed by atoms with Crippen LogP contribution in [-0.4, -0.2) is 33.9 Å². The van der Waals surface area contributed by atoms with Crippen LogP contribution in [0.15, 0.2) is 30.3 Å². The van der Waals surface area contributed by atoms with Crippen LogP contribution < -0.4 is 0 Å². The van der Waals surface area contributed by atoms with Gasteiger partial charge in [0.05, 0.1) is 0 Å². The highest BCUT2D eigenvalue weighted by Crippen LogP contribution is 2.23. The summed E-state index contributed by atoms with van der Waals surface area (Å²) in [6.45, 7) is 5.28. The molecule has 0 N–H and O–H groups in total. The molecule has 3 rings (SSSR count). The normalized spacial score (nSPS) is 17.5. The van der Waals surface area contributed by atoms with Crippen molar-refractivity contribution in [3.63, 3.8) is 0 Å². The van der Waals surface area contributed by atoms with E-state index in [2.05, 4.69) is 22.1 Å². The van der Waals surface area contributed by atoms with E-state index in [1.54, 1.807) is 6.07 Å². The van der Waals surface area contributed by atoms with Gasteiger partial charge in [-0.05, 0) is 56.4 Å². The molecular formula is C18H20ClN3O. The molecule has 1 amide bonds. The Balaban J connectivity index is 1.64. The minimum Gasteiger partial charge on any atom is -0.337 e. The summed E-state index contributed by atoms with van der Waals surface area (Å²) in [6.07, 6.45) is 2.00. The standard InChI is InChI=1S/C18H20ClN3O/c1-12-9-17(21-13(2)20-12)18(23)22-8-7-15(11-22)10-14-3-5-16(19)6-4-14/h3-6,9,15H,7-8,10-11H2,1-2H3. The molecule has 120 valence electrons. The quantitative estimate of drug-likeness (QED) is 0.866. The van der Waals surface area contributed by atoms with Crippen molar-refractivity contribution >= 4 is 17.5 Å². The maximum absolute atomic E-state index is 12.6. The van der Waals surface area contributed by atoms with Crippen LogP contribution in [0.1, 0.15) is 34.0 Å². The van der Waals surface area contributed by atoms with E-state index in [9.17, 15) is 4.79 Å². The molecule has 1 atom stereocenters. The summed E-state index contributed by atoms with van der Waals surface area (Å²) < 4.78 is 0. The lowest BCUT2D eigenvalue weighted by Crippen LogP contribution is -2.30. The fraction of sp³-hybridized carbons (Fsp3) is 0.389. The minimum absolute atomic E-state index is 0.0113. The Morgan fingerprint density at radius 3 is 2.70 bits per heavy atom. The first-order valence-corrected chi connectivity index (χ1v) is 8.25. The molecule has 2 aromatic rings. The number of nitrogens with zero attached hydrogens (tertiary/aromatic N) is 3. The fourth-order valence-corrected chi connectivity index (χ4v) is 3.25. The van der Waals surface area contributed by atoms with Crippen molar-refractivity contribution in [2.24, 2.45) is 5.92 Å². The molecule has 23 heavy (non-hydrogen) atoms. The third kappa shape index (κ3) is 3.88. The van der Waals surface area contributed by atoms with Crippen molar-refractivity contribution in [1.29, 1.82) is 0 Å². The molecular weight excluding hydrogens is 310 g/mol. The molecule has 0 aliphatic carbocycles. The van der Waals surface area contributed by atoms with Gasteiger partial charge in [-0.1, -0.05) is 23.7 Å². The molecule has 1 fully saturated rings. The second-order valence-corrected chi connectivity index (χ2v) is 6.61. The fourth-order valence-electron chi connectivity index (χ4n) is 3.13. The van der Waals surface area contributed by atoms with Gasteiger partial charge in [0.25, 0.3) is 5.91 Å². The Morgan fingerprint density at radius 1 is 1.26 bits per heavy atom. The van der Waals surface area contributed by atoms with Crippen molar-refractivity contribution in [2.45, 2.75) is 26.7 Å². The largest absolute Gasteiger partial charge is 0.337 e. The zero-order valence-corrected chi connectivity index (χ0v) is 14.2. The number of aromatic nitrogens is 2. The smallest absolute Gasteiger partial charge is 0.272 e. The molecule has 0 saturated carbocycles. The average Bonchev–Trinajstić information content (AvgIpc) is 2.96. The first-order valence-electron chi connectivity index (χ1n) is 7.87. The van der Waals surface area contributed by atoms with Gasteiger partial charge in [0.2, 0.25) is 0 Å². The van der Waals surface area contributed by atoms with Gasteiger partial charge in [0, 0.05) is 23.8 Å². The number of benzene rings is 1. The molecule has 0 bridgehead atoms. The van der Waals surface area contributed by atoms with E-state index in [1.807, 2.05) is 30.9 Å². The molecule has 1 unspecified atom stereocenters. The lowest BCUT2D eigenvalue weighted by molar-refractivity contribution is 0.0780. The summed E-state index contributed by atoms with van der Waals surface area (Å²) in [5, 5.41) is 0.756. The summed E-state index contributed by atoms with van der Waals surface area (Å²) in [5.41, 5.74) is 2.60. The number of carbonyl (C=O) groups is 1. The van der Waals surface area contributed by atoms with Gasteiger partial charge in [0.15, 0.2) is 0 Å². The number of likely N-dealkylation sites (tertiary alicyclic amines) is 1. The molecule has 0 radical (unpaired) electrons. The summed E-state index contributed by atoms with van der Waals surface area (Å²) in [6, 6.07) is 9.72. The third-order valence-electron chi connectivity index (χ3n) is 4.20. The van der Waals surface area contributed by atoms with Gasteiger partial charge < -0.3 is 4.90 Å². The van der Waals surface area contributed by atoms with E-state index in [0.29, 0.717) is 17.4 Å². The summed E-state index contributed by atoms with van der Waals surface area (Å²) in [4.78, 5) is 23.0. The molecule has 0 spiro atoms. The first kappa shape index (κ1) is 15.9. The van der Waals surface area contributed by atoms with E-state index < -0.39 is 0 Å². The van der Waals surface area contributed by atoms with Crippen LogP contribution in [0.5, 0.6) is 0 Å². The van der Waals surface area contributed by atoms with Crippen molar-refractivity contribution < 1.29 is 4.79 Å². The van der Waals surface area contributed by atoms with Crippen LogP contribution in [0.2, 0.25) is 5.02 Å². The van der Waals surface area contributed by atoms with Crippen molar-refractivity contribution in [2.75, 3.05) is 13.1 Å². The van der Waals surface area contributed by atoms with Crippen molar-refractivity contribution in [1.82, 2.24) is 14.9 Å². The number of hydrogen-bond acceptors (Lipinski definition) is 3. The van der Waals surface area contributed by atoms with Crippen LogP contribution >= 0.6 is 11.6 Å². The molecule has 1 aromatic heterocycles. The van der Waals surface area contributed by atoms with E-state index in [-0.39, 0.29) is 5.91 Å². The third-order valence-corrected chi connectivity index (χ3v) is 4.45. The predicted octanol–water partition coefficient (Wildman–Crippen LogP) is 3.45. The molecule has 1 aliphatic rings. The monoisotopic (exact) mass is 329 g/mol. The molecule has 2 heterocycles. The zero-order valence-electron chi connectivity index (χ0n) is 13.4. The maximum Gasteiger partial charge on any atom is 0.272 e. The van der Waals surface area contributed by atoms with Crippen LogP contribution in [0.4, 0.5) is 0 Å². The van der Waals surface area contributed by atoms with Gasteiger partial charge in [-0.2, -0.15) is 0 Å². The second-order valence-electron chi connectivity index (χ2n) is 6.18. The minimum atomic E-state index is 0.0113. The summed E-state index contributed by atoms with van der Waals surface area (Å²) >= 11 is 5.92. The van der Waals surface area contributed by atoms with Crippen molar-refractivity contribution in [3.8, 4) is 0 Å². The number of aryl methyl sites for hydroxylation is 2. The Morgan fingerprint density at radius 2 is 2.00 bits per heavy atom. The molecule has 5 heteroatoms. The van der Waals surface area contributed by atoms with E-state index >= 15 is 0 Å². The molecule has 1 aliphatic heterocycles. The zero-order chi connectivity index (χ0) is 16.4. The number of amides is 1. The van der Waals surface area contributed by atoms with Crippen LogP contribution in [0, 0.1) is 19.8 Å². The van der Waals surface area contributed by atoms with Crippen LogP contribution in [-0.2, 0) is 6.42 Å². The molecule has 1 aromatic carbocycles. The predicted molar refractivity (Wildman–Crippen MR) is 90.7 cm³/mol. The number of rotatable bonds is 3. The Bertz CT molecular complexity index is 694. The SMILES string of the molecule is Cc1cc(C(=O)N2CCC(Cc3ccc(Cl)cc3)C2)nc(C)n1. The Hall–Kier alpha value is -1.94. The highest BCUT2D eigenvalue weighted by Gasteiger charge is 2.28. The van der Waals surface area contributed by atoms with E-state index in [1.165, 1.54) is 5.56 Å². The Kier molecular flexibility index (Phi) is 4.62. The highest BCUT2D eigenvalue weighted by molar-refractivity contribution is 6.30. The number of halogens is 1. The molecule has 4 nitrogen and oxygen atoms in total. The van der Waals surface area contributed by atoms with Crippen molar-refractivity contribution in [3.05, 3.63) is 58.1 Å². The van der Waals surface area contributed by atoms with Gasteiger partial charge in [-0.3, -0.25) is 4.79 Å². The lowest BCUT2D eigenvalue weighted by atomic mass is 9.99. The first-order chi connectivity index (χ1) is 11.0. The second kappa shape index (κ2) is 6.67. The van der Waals surface area contributed by atoms with Gasteiger partial charge in [-0.25, -0.2) is 9.97 Å². The lowest BCUT2D eigenvalue weighted by Gasteiger charge is -2.16. The highest BCUT2D eigenvalue weighted by atomic mass is 35.5. The Labute approximate surface area is 141 Å². The van der Waals surface area contributed by atoms with E-state index in [0.717, 1.165) is 36.6 Å². The number of carbonyl (C=O) groups excluding carboxylic acids is 1.